The average molecular weight is 374 g/mol. The average Bonchev–Trinajstić information content (AvgIpc) is 2.73. The summed E-state index contributed by atoms with van der Waals surface area (Å²) in [5, 5.41) is 0. The van der Waals surface area contributed by atoms with E-state index in [-0.39, 0.29) is 0 Å². The van der Waals surface area contributed by atoms with E-state index in [1.54, 1.807) is 0 Å². The highest BCUT2D eigenvalue weighted by molar-refractivity contribution is 6.07. The Balaban J connectivity index is 0.00000136. The van der Waals surface area contributed by atoms with Gasteiger partial charge < -0.3 is 10.6 Å². The molecular formula is C25H31N3. The molecule has 2 aromatic rings. The third-order valence-electron chi connectivity index (χ3n) is 4.37. The summed E-state index contributed by atoms with van der Waals surface area (Å²) < 4.78 is 0. The van der Waals surface area contributed by atoms with Gasteiger partial charge in [0.25, 0.3) is 0 Å². The molecule has 0 bridgehead atoms. The van der Waals surface area contributed by atoms with E-state index in [1.165, 1.54) is 22.4 Å². The number of benzene rings is 2. The highest BCUT2D eigenvalue weighted by Crippen LogP contribution is 2.31. The molecule has 1 aliphatic carbocycles. The van der Waals surface area contributed by atoms with Crippen molar-refractivity contribution in [2.24, 2.45) is 4.99 Å². The topological polar surface area (TPSA) is 41.6 Å². The Morgan fingerprint density at radius 1 is 0.821 bits per heavy atom. The van der Waals surface area contributed by atoms with Crippen molar-refractivity contribution in [1.29, 1.82) is 0 Å². The molecule has 1 aliphatic rings. The lowest BCUT2D eigenvalue weighted by Crippen LogP contribution is -2.08. The van der Waals surface area contributed by atoms with Gasteiger partial charge in [0.1, 0.15) is 0 Å². The lowest BCUT2D eigenvalue weighted by molar-refractivity contribution is 1.13. The van der Waals surface area contributed by atoms with Crippen LogP contribution in [0.3, 0.4) is 0 Å². The fourth-order valence-electron chi connectivity index (χ4n) is 2.99. The monoisotopic (exact) mass is 373 g/mol. The van der Waals surface area contributed by atoms with Crippen molar-refractivity contribution in [2.75, 3.05) is 31.3 Å². The van der Waals surface area contributed by atoms with Crippen LogP contribution in [0.1, 0.15) is 31.9 Å². The summed E-state index contributed by atoms with van der Waals surface area (Å²) in [6, 6.07) is 16.7. The van der Waals surface area contributed by atoms with E-state index in [9.17, 15) is 0 Å². The zero-order valence-corrected chi connectivity index (χ0v) is 17.6. The van der Waals surface area contributed by atoms with Gasteiger partial charge in [-0.25, -0.2) is 0 Å². The zero-order chi connectivity index (χ0) is 20.5. The smallest absolute Gasteiger partial charge is 0.0574 e. The molecule has 0 unspecified atom stereocenters. The van der Waals surface area contributed by atoms with Crippen LogP contribution in [0.4, 0.5) is 11.4 Å². The molecule has 0 radical (unpaired) electrons. The molecule has 0 heterocycles. The van der Waals surface area contributed by atoms with Crippen LogP contribution in [-0.2, 0) is 0 Å². The first kappa shape index (κ1) is 21.2. The Morgan fingerprint density at radius 2 is 1.32 bits per heavy atom. The van der Waals surface area contributed by atoms with Crippen molar-refractivity contribution >= 4 is 22.7 Å². The molecule has 3 rings (SSSR count). The third-order valence-corrected chi connectivity index (χ3v) is 4.37. The Labute approximate surface area is 169 Å². The quantitative estimate of drug-likeness (QED) is 0.693. The predicted molar refractivity (Wildman–Crippen MR) is 125 cm³/mol. The largest absolute Gasteiger partial charge is 0.399 e. The summed E-state index contributed by atoms with van der Waals surface area (Å²) in [6.45, 7) is 6.84. The molecule has 3 nitrogen and oxygen atoms in total. The summed E-state index contributed by atoms with van der Waals surface area (Å²) in [5.74, 6) is 0. The van der Waals surface area contributed by atoms with Gasteiger partial charge >= 0.3 is 0 Å². The normalized spacial score (nSPS) is 12.3. The molecule has 2 N–H and O–H groups in total. The Bertz CT molecular complexity index is 862. The molecule has 3 heteroatoms. The van der Waals surface area contributed by atoms with Crippen LogP contribution >= 0.6 is 0 Å². The molecule has 0 atom stereocenters. The second-order valence-electron chi connectivity index (χ2n) is 6.46. The second-order valence-corrected chi connectivity index (χ2v) is 6.46. The lowest BCUT2D eigenvalue weighted by atomic mass is 9.90. The Hall–Kier alpha value is -3.07. The van der Waals surface area contributed by atoms with Crippen LogP contribution < -0.4 is 10.6 Å². The van der Waals surface area contributed by atoms with Crippen LogP contribution in [0.15, 0.2) is 83.4 Å². The molecule has 2 aromatic carbocycles. The molecule has 0 aliphatic heterocycles. The standard InChI is InChI=1S/C23H25N3.C2H6/c1-4-25-21-13-7-18(8-14-21)23(17-5-11-20(24)12-6-17)19-9-15-22(16-10-19)26(2)3;1-2/h5-16H,4,24H2,1-3H3;1-2H3. The van der Waals surface area contributed by atoms with Gasteiger partial charge in [0.05, 0.1) is 5.71 Å². The third kappa shape index (κ3) is 5.23. The van der Waals surface area contributed by atoms with Gasteiger partial charge in [-0.1, -0.05) is 50.3 Å². The molecule has 0 saturated heterocycles. The van der Waals surface area contributed by atoms with Crippen molar-refractivity contribution in [2.45, 2.75) is 20.8 Å². The number of aliphatic imine (C=N–C) groups is 1. The number of hydrogen-bond donors (Lipinski definition) is 1. The number of allylic oxidation sites excluding steroid dienone is 5. The summed E-state index contributed by atoms with van der Waals surface area (Å²) >= 11 is 0. The van der Waals surface area contributed by atoms with Gasteiger partial charge in [-0.05, 0) is 65.6 Å². The van der Waals surface area contributed by atoms with Crippen molar-refractivity contribution in [1.82, 2.24) is 0 Å². The Kier molecular flexibility index (Phi) is 7.82. The van der Waals surface area contributed by atoms with E-state index in [0.717, 1.165) is 23.5 Å². The molecule has 0 spiro atoms. The number of nitrogens with zero attached hydrogens (tertiary/aromatic N) is 2. The molecule has 0 fully saturated rings. The molecule has 0 saturated carbocycles. The van der Waals surface area contributed by atoms with E-state index >= 15 is 0 Å². The van der Waals surface area contributed by atoms with E-state index < -0.39 is 0 Å². The van der Waals surface area contributed by atoms with Crippen molar-refractivity contribution in [3.8, 4) is 0 Å². The van der Waals surface area contributed by atoms with Gasteiger partial charge in [0, 0.05) is 32.0 Å². The first-order valence-corrected chi connectivity index (χ1v) is 9.87. The minimum atomic E-state index is 0.771. The van der Waals surface area contributed by atoms with Crippen molar-refractivity contribution < 1.29 is 0 Å². The van der Waals surface area contributed by atoms with Crippen molar-refractivity contribution in [3.63, 3.8) is 0 Å². The van der Waals surface area contributed by atoms with E-state index in [0.29, 0.717) is 0 Å². The number of hydrogen-bond acceptors (Lipinski definition) is 3. The lowest BCUT2D eigenvalue weighted by Gasteiger charge is -2.17. The zero-order valence-electron chi connectivity index (χ0n) is 17.6. The first-order valence-electron chi connectivity index (χ1n) is 9.87. The van der Waals surface area contributed by atoms with Crippen LogP contribution in [-0.4, -0.2) is 26.4 Å². The fraction of sp³-hybridized carbons (Fsp3) is 0.240. The molecule has 0 amide bonds. The van der Waals surface area contributed by atoms with Gasteiger partial charge in [-0.15, -0.1) is 0 Å². The van der Waals surface area contributed by atoms with Crippen LogP contribution in [0.5, 0.6) is 0 Å². The van der Waals surface area contributed by atoms with Gasteiger partial charge in [-0.3, -0.25) is 4.99 Å². The summed E-state index contributed by atoms with van der Waals surface area (Å²) in [6.07, 6.45) is 8.43. The Morgan fingerprint density at radius 3 is 1.79 bits per heavy atom. The minimum Gasteiger partial charge on any atom is -0.399 e. The molecule has 146 valence electrons. The van der Waals surface area contributed by atoms with Gasteiger partial charge in [0.15, 0.2) is 0 Å². The van der Waals surface area contributed by atoms with E-state index in [1.807, 2.05) is 32.9 Å². The molecular weight excluding hydrogens is 342 g/mol. The van der Waals surface area contributed by atoms with Crippen LogP contribution in [0.25, 0.3) is 5.57 Å². The van der Waals surface area contributed by atoms with Gasteiger partial charge in [-0.2, -0.15) is 0 Å². The number of nitrogens with two attached hydrogens (primary N) is 1. The second kappa shape index (κ2) is 10.3. The minimum absolute atomic E-state index is 0.771. The maximum atomic E-state index is 5.88. The highest BCUT2D eigenvalue weighted by atomic mass is 15.1. The van der Waals surface area contributed by atoms with E-state index in [4.69, 9.17) is 5.73 Å². The molecule has 0 aromatic heterocycles. The summed E-state index contributed by atoms with van der Waals surface area (Å²) in [4.78, 5) is 6.57. The molecule has 28 heavy (non-hydrogen) atoms. The van der Waals surface area contributed by atoms with E-state index in [2.05, 4.69) is 84.7 Å². The maximum absolute atomic E-state index is 5.88. The van der Waals surface area contributed by atoms with Crippen molar-refractivity contribution in [3.05, 3.63) is 89.5 Å². The first-order chi connectivity index (χ1) is 13.6. The number of rotatable bonds is 4. The van der Waals surface area contributed by atoms with Crippen LogP contribution in [0.2, 0.25) is 0 Å². The predicted octanol–water partition coefficient (Wildman–Crippen LogP) is 5.75. The van der Waals surface area contributed by atoms with Gasteiger partial charge in [0.2, 0.25) is 0 Å². The van der Waals surface area contributed by atoms with Crippen LogP contribution in [0, 0.1) is 0 Å². The maximum Gasteiger partial charge on any atom is 0.0574 e. The fourth-order valence-corrected chi connectivity index (χ4v) is 2.99. The summed E-state index contributed by atoms with van der Waals surface area (Å²) in [7, 11) is 4.10. The highest BCUT2D eigenvalue weighted by Gasteiger charge is 2.11. The number of anilines is 2. The number of nitrogen functional groups attached to an aromatic ring is 1. The SMILES string of the molecule is CC.CCN=C1C=CC(=C(c2ccc(N)cc2)c2ccc(N(C)C)cc2)C=C1. The summed E-state index contributed by atoms with van der Waals surface area (Å²) in [5.41, 5.74) is 13.5.